The van der Waals surface area contributed by atoms with Gasteiger partial charge in [-0.1, -0.05) is 41.9 Å². The summed E-state index contributed by atoms with van der Waals surface area (Å²) in [5, 5.41) is 8.70. The molecule has 1 amide bonds. The molecule has 29 heavy (non-hydrogen) atoms. The Morgan fingerprint density at radius 2 is 2.10 bits per heavy atom. The van der Waals surface area contributed by atoms with Crippen LogP contribution in [0.3, 0.4) is 0 Å². The van der Waals surface area contributed by atoms with Gasteiger partial charge in [-0.2, -0.15) is 0 Å². The van der Waals surface area contributed by atoms with Gasteiger partial charge in [0.25, 0.3) is 5.91 Å². The summed E-state index contributed by atoms with van der Waals surface area (Å²) < 4.78 is 5.31. The summed E-state index contributed by atoms with van der Waals surface area (Å²) >= 11 is 6.43. The number of hydrogen-bond donors (Lipinski definition) is 1. The molecule has 2 fully saturated rings. The van der Waals surface area contributed by atoms with E-state index in [0.29, 0.717) is 29.2 Å². The lowest BCUT2D eigenvalue weighted by atomic mass is 10.1. The van der Waals surface area contributed by atoms with Gasteiger partial charge in [-0.05, 0) is 30.9 Å². The van der Waals surface area contributed by atoms with E-state index in [2.05, 4.69) is 33.3 Å². The Hall–Kier alpha value is -2.44. The van der Waals surface area contributed by atoms with Crippen LogP contribution in [0.1, 0.15) is 47.5 Å². The average Bonchev–Trinajstić information content (AvgIpc) is 3.33. The first kappa shape index (κ1) is 18.6. The third kappa shape index (κ3) is 3.87. The van der Waals surface area contributed by atoms with E-state index in [4.69, 9.17) is 16.1 Å². The molecule has 1 aromatic carbocycles. The third-order valence-electron chi connectivity index (χ3n) is 5.89. The van der Waals surface area contributed by atoms with Gasteiger partial charge in [-0.25, -0.2) is 4.98 Å². The van der Waals surface area contributed by atoms with Crippen molar-refractivity contribution in [1.29, 1.82) is 0 Å². The molecule has 2 aromatic heterocycles. The van der Waals surface area contributed by atoms with Gasteiger partial charge in [-0.3, -0.25) is 9.69 Å². The van der Waals surface area contributed by atoms with E-state index in [1.54, 1.807) is 6.07 Å². The smallest absolute Gasteiger partial charge is 0.273 e. The fourth-order valence-electron chi connectivity index (χ4n) is 4.07. The minimum Gasteiger partial charge on any atom is -0.360 e. The van der Waals surface area contributed by atoms with Crippen molar-refractivity contribution in [3.8, 4) is 0 Å². The van der Waals surface area contributed by atoms with E-state index in [9.17, 15) is 4.79 Å². The highest BCUT2D eigenvalue weighted by Gasteiger charge is 2.33. The number of rotatable bonds is 5. The molecule has 0 radical (unpaired) electrons. The quantitative estimate of drug-likeness (QED) is 0.643. The Morgan fingerprint density at radius 3 is 2.93 bits per heavy atom. The lowest BCUT2D eigenvalue weighted by Gasteiger charge is -2.17. The number of nitrogens with one attached hydrogen (secondary N) is 1. The topological polar surface area (TPSA) is 71.3 Å². The maximum Gasteiger partial charge on any atom is 0.273 e. The van der Waals surface area contributed by atoms with Gasteiger partial charge in [0.2, 0.25) is 0 Å². The lowest BCUT2D eigenvalue weighted by molar-refractivity contribution is 0.0922. The number of para-hydroxylation sites is 1. The van der Waals surface area contributed by atoms with Crippen LogP contribution in [-0.2, 0) is 6.54 Å². The van der Waals surface area contributed by atoms with Gasteiger partial charge in [0.05, 0.1) is 5.52 Å². The summed E-state index contributed by atoms with van der Waals surface area (Å²) in [5.74, 6) is 1.45. The fraction of sp³-hybridized carbons (Fsp3) is 0.409. The van der Waals surface area contributed by atoms with Crippen molar-refractivity contribution >= 4 is 28.4 Å². The van der Waals surface area contributed by atoms with E-state index in [0.717, 1.165) is 48.2 Å². The van der Waals surface area contributed by atoms with E-state index < -0.39 is 0 Å². The molecule has 1 saturated carbocycles. The summed E-state index contributed by atoms with van der Waals surface area (Å²) in [6.07, 6.45) is 2.24. The van der Waals surface area contributed by atoms with E-state index in [1.165, 1.54) is 0 Å². The second kappa shape index (κ2) is 7.43. The normalized spacial score (nSPS) is 22.3. The minimum absolute atomic E-state index is 0.0655. The van der Waals surface area contributed by atoms with Crippen molar-refractivity contribution in [2.75, 3.05) is 13.1 Å². The number of hydrogen-bond acceptors (Lipinski definition) is 5. The molecule has 1 saturated heterocycles. The molecule has 2 atom stereocenters. The largest absolute Gasteiger partial charge is 0.360 e. The molecule has 0 bridgehead atoms. The van der Waals surface area contributed by atoms with Crippen LogP contribution in [0.15, 0.2) is 40.9 Å². The molecule has 1 aliphatic heterocycles. The zero-order chi connectivity index (χ0) is 20.0. The Kier molecular flexibility index (Phi) is 4.76. The first-order valence-corrected chi connectivity index (χ1v) is 10.5. The second-order valence-electron chi connectivity index (χ2n) is 8.27. The van der Waals surface area contributed by atoms with Gasteiger partial charge >= 0.3 is 0 Å². The molecule has 1 N–H and O–H groups in total. The van der Waals surface area contributed by atoms with E-state index >= 15 is 0 Å². The van der Waals surface area contributed by atoms with Crippen LogP contribution in [0.5, 0.6) is 0 Å². The molecule has 150 valence electrons. The SMILES string of the molecule is C[C@@H]1CN(Cc2cc3ccccc3nc2Cl)C[C@@H]1NC(=O)c1cc(C2CC2)on1. The van der Waals surface area contributed by atoms with Crippen molar-refractivity contribution in [3.05, 3.63) is 58.6 Å². The predicted octanol–water partition coefficient (Wildman–Crippen LogP) is 4.00. The molecular formula is C22H23ClN4O2. The van der Waals surface area contributed by atoms with Crippen LogP contribution in [-0.4, -0.2) is 40.1 Å². The first-order chi connectivity index (χ1) is 14.1. The molecule has 5 rings (SSSR count). The minimum atomic E-state index is -0.162. The Bertz CT molecular complexity index is 1060. The Morgan fingerprint density at radius 1 is 1.28 bits per heavy atom. The zero-order valence-electron chi connectivity index (χ0n) is 16.3. The van der Waals surface area contributed by atoms with Crippen LogP contribution in [0.2, 0.25) is 5.15 Å². The maximum absolute atomic E-state index is 12.6. The van der Waals surface area contributed by atoms with E-state index in [1.807, 2.05) is 24.3 Å². The monoisotopic (exact) mass is 410 g/mol. The van der Waals surface area contributed by atoms with Crippen LogP contribution in [0.25, 0.3) is 10.9 Å². The van der Waals surface area contributed by atoms with Crippen molar-refractivity contribution in [1.82, 2.24) is 20.4 Å². The van der Waals surface area contributed by atoms with Gasteiger partial charge in [0, 0.05) is 48.6 Å². The number of halogens is 1. The van der Waals surface area contributed by atoms with Crippen molar-refractivity contribution in [2.45, 2.75) is 38.3 Å². The summed E-state index contributed by atoms with van der Waals surface area (Å²) in [6.45, 7) is 4.52. The van der Waals surface area contributed by atoms with Crippen molar-refractivity contribution < 1.29 is 9.32 Å². The number of fused-ring (bicyclic) bond motifs is 1. The molecule has 7 heteroatoms. The molecule has 2 aliphatic rings. The molecular weight excluding hydrogens is 388 g/mol. The number of carbonyl (C=O) groups excluding carboxylic acids is 1. The molecule has 3 aromatic rings. The van der Waals surface area contributed by atoms with Gasteiger partial charge in [-0.15, -0.1) is 0 Å². The molecule has 0 unspecified atom stereocenters. The standard InChI is InChI=1S/C22H23ClN4O2/c1-13-10-27(11-16-8-15-4-2-3-5-17(15)24-21(16)23)12-19(13)25-22(28)18-9-20(29-26-18)14-6-7-14/h2-5,8-9,13-14,19H,6-7,10-12H2,1H3,(H,25,28)/t13-,19+/m1/s1. The number of carbonyl (C=O) groups is 1. The van der Waals surface area contributed by atoms with Crippen LogP contribution < -0.4 is 5.32 Å². The van der Waals surface area contributed by atoms with Gasteiger partial charge in [0.15, 0.2) is 5.69 Å². The Labute approximate surface area is 174 Å². The highest BCUT2D eigenvalue weighted by molar-refractivity contribution is 6.30. The van der Waals surface area contributed by atoms with Gasteiger partial charge in [0.1, 0.15) is 10.9 Å². The highest BCUT2D eigenvalue weighted by Crippen LogP contribution is 2.40. The van der Waals surface area contributed by atoms with Crippen LogP contribution >= 0.6 is 11.6 Å². The number of benzene rings is 1. The second-order valence-corrected chi connectivity index (χ2v) is 8.63. The summed E-state index contributed by atoms with van der Waals surface area (Å²) in [5.41, 5.74) is 2.29. The van der Waals surface area contributed by atoms with Crippen LogP contribution in [0, 0.1) is 5.92 Å². The van der Waals surface area contributed by atoms with Gasteiger partial charge < -0.3 is 9.84 Å². The zero-order valence-corrected chi connectivity index (χ0v) is 17.0. The van der Waals surface area contributed by atoms with Crippen molar-refractivity contribution in [2.24, 2.45) is 5.92 Å². The maximum atomic E-state index is 12.6. The number of pyridine rings is 1. The highest BCUT2D eigenvalue weighted by atomic mass is 35.5. The molecule has 0 spiro atoms. The lowest BCUT2D eigenvalue weighted by Crippen LogP contribution is -2.40. The number of nitrogens with zero attached hydrogens (tertiary/aromatic N) is 3. The summed E-state index contributed by atoms with van der Waals surface area (Å²) in [7, 11) is 0. The molecule has 6 nitrogen and oxygen atoms in total. The van der Waals surface area contributed by atoms with Crippen LogP contribution in [0.4, 0.5) is 0 Å². The summed E-state index contributed by atoms with van der Waals surface area (Å²) in [4.78, 5) is 19.4. The number of aromatic nitrogens is 2. The fourth-order valence-corrected chi connectivity index (χ4v) is 4.28. The predicted molar refractivity (Wildman–Crippen MR) is 111 cm³/mol. The molecule has 3 heterocycles. The molecule has 1 aliphatic carbocycles. The Balaban J connectivity index is 1.24. The number of amides is 1. The average molecular weight is 411 g/mol. The summed E-state index contributed by atoms with van der Waals surface area (Å²) in [6, 6.07) is 11.9. The first-order valence-electron chi connectivity index (χ1n) is 10.1. The van der Waals surface area contributed by atoms with E-state index in [-0.39, 0.29) is 11.9 Å². The number of likely N-dealkylation sites (tertiary alicyclic amines) is 1. The third-order valence-corrected chi connectivity index (χ3v) is 6.22. The van der Waals surface area contributed by atoms with Crippen molar-refractivity contribution in [3.63, 3.8) is 0 Å².